The van der Waals surface area contributed by atoms with Gasteiger partial charge in [-0.15, -0.1) is 6.58 Å². The summed E-state index contributed by atoms with van der Waals surface area (Å²) in [7, 11) is 1.60. The van der Waals surface area contributed by atoms with Crippen LogP contribution in [0.5, 0.6) is 11.6 Å². The second kappa shape index (κ2) is 13.1. The summed E-state index contributed by atoms with van der Waals surface area (Å²) < 4.78 is 46.1. The van der Waals surface area contributed by atoms with Crippen LogP contribution in [0.25, 0.3) is 5.69 Å². The van der Waals surface area contributed by atoms with Crippen LogP contribution in [0, 0.1) is 18.6 Å². The zero-order valence-electron chi connectivity index (χ0n) is 20.0. The summed E-state index contributed by atoms with van der Waals surface area (Å²) in [6.07, 6.45) is 0.879. The first-order valence-corrected chi connectivity index (χ1v) is 11.3. The van der Waals surface area contributed by atoms with Crippen LogP contribution in [0.1, 0.15) is 11.3 Å². The van der Waals surface area contributed by atoms with Crippen LogP contribution in [0.4, 0.5) is 8.78 Å². The van der Waals surface area contributed by atoms with Gasteiger partial charge in [-0.1, -0.05) is 24.3 Å². The average Bonchev–Trinajstić information content (AvgIpc) is 3.14. The molecular weight excluding hydrogens is 456 g/mol. The van der Waals surface area contributed by atoms with Crippen LogP contribution < -0.4 is 4.74 Å². The summed E-state index contributed by atoms with van der Waals surface area (Å²) in [6, 6.07) is 12.5. The smallest absolute Gasteiger partial charge is 0.227 e. The number of ether oxygens (including phenoxy) is 3. The van der Waals surface area contributed by atoms with Crippen LogP contribution >= 0.6 is 0 Å². The standard InChI is InChI=1S/C26H31F2N3O4/c1-4-13-34-18-22(32)16-30(12-14-33-3)17-23-19(2)29-31(21-8-6-5-7-9-21)26(23)35-25-11-10-20(27)15-24(25)28/h4-11,15,22,32H,1,12-14,16-18H2,2-3H3/t22-/m0/s1. The summed E-state index contributed by atoms with van der Waals surface area (Å²) in [4.78, 5) is 1.98. The molecule has 2 aromatic carbocycles. The predicted octanol–water partition coefficient (Wildman–Crippen LogP) is 4.26. The zero-order valence-corrected chi connectivity index (χ0v) is 20.0. The molecule has 1 atom stereocenters. The first-order chi connectivity index (χ1) is 16.9. The minimum absolute atomic E-state index is 0.119. The van der Waals surface area contributed by atoms with Crippen molar-refractivity contribution < 1.29 is 28.1 Å². The molecule has 7 nitrogen and oxygen atoms in total. The van der Waals surface area contributed by atoms with Gasteiger partial charge >= 0.3 is 0 Å². The highest BCUT2D eigenvalue weighted by Crippen LogP contribution is 2.33. The lowest BCUT2D eigenvalue weighted by Gasteiger charge is -2.25. The van der Waals surface area contributed by atoms with E-state index in [0.717, 1.165) is 17.8 Å². The van der Waals surface area contributed by atoms with Crippen LogP contribution in [-0.2, 0) is 16.0 Å². The Balaban J connectivity index is 1.95. The molecule has 0 radical (unpaired) electrons. The molecule has 0 saturated carbocycles. The Morgan fingerprint density at radius 1 is 1.20 bits per heavy atom. The summed E-state index contributed by atoms with van der Waals surface area (Å²) in [5, 5.41) is 15.1. The van der Waals surface area contributed by atoms with Crippen molar-refractivity contribution in [3.63, 3.8) is 0 Å². The van der Waals surface area contributed by atoms with Crippen molar-refractivity contribution in [3.8, 4) is 17.3 Å². The number of aliphatic hydroxyl groups is 1. The molecule has 3 aromatic rings. The molecule has 0 unspecified atom stereocenters. The lowest BCUT2D eigenvalue weighted by atomic mass is 10.2. The molecule has 0 aliphatic carbocycles. The van der Waals surface area contributed by atoms with Gasteiger partial charge in [0.25, 0.3) is 0 Å². The highest BCUT2D eigenvalue weighted by molar-refractivity contribution is 5.43. The minimum Gasteiger partial charge on any atom is -0.435 e. The molecule has 188 valence electrons. The van der Waals surface area contributed by atoms with Crippen molar-refractivity contribution in [3.05, 3.63) is 84.1 Å². The van der Waals surface area contributed by atoms with Crippen molar-refractivity contribution in [2.24, 2.45) is 0 Å². The number of halogens is 2. The fourth-order valence-corrected chi connectivity index (χ4v) is 3.55. The van der Waals surface area contributed by atoms with E-state index in [9.17, 15) is 13.9 Å². The summed E-state index contributed by atoms with van der Waals surface area (Å²) in [5.41, 5.74) is 2.10. The molecule has 0 aliphatic rings. The molecule has 9 heteroatoms. The number of aliphatic hydroxyl groups excluding tert-OH is 1. The third kappa shape index (κ3) is 7.43. The Morgan fingerprint density at radius 3 is 2.66 bits per heavy atom. The molecule has 1 aromatic heterocycles. The van der Waals surface area contributed by atoms with Crippen molar-refractivity contribution in [1.29, 1.82) is 0 Å². The Kier molecular flexibility index (Phi) is 9.92. The van der Waals surface area contributed by atoms with Gasteiger partial charge < -0.3 is 19.3 Å². The van der Waals surface area contributed by atoms with E-state index in [1.54, 1.807) is 17.9 Å². The maximum absolute atomic E-state index is 14.5. The maximum Gasteiger partial charge on any atom is 0.227 e. The van der Waals surface area contributed by atoms with Gasteiger partial charge in [0.2, 0.25) is 5.88 Å². The Hall–Kier alpha value is -3.11. The fraction of sp³-hybridized carbons (Fsp3) is 0.346. The third-order valence-electron chi connectivity index (χ3n) is 5.25. The third-order valence-corrected chi connectivity index (χ3v) is 5.25. The molecule has 0 amide bonds. The monoisotopic (exact) mass is 487 g/mol. The van der Waals surface area contributed by atoms with Crippen molar-refractivity contribution >= 4 is 0 Å². The van der Waals surface area contributed by atoms with Gasteiger partial charge in [-0.25, -0.2) is 13.5 Å². The van der Waals surface area contributed by atoms with Crippen molar-refractivity contribution in [1.82, 2.24) is 14.7 Å². The van der Waals surface area contributed by atoms with E-state index in [4.69, 9.17) is 14.2 Å². The topological polar surface area (TPSA) is 69.0 Å². The second-order valence-electron chi connectivity index (χ2n) is 8.00. The van der Waals surface area contributed by atoms with Crippen molar-refractivity contribution in [2.75, 3.05) is 40.0 Å². The van der Waals surface area contributed by atoms with Crippen LogP contribution in [-0.4, -0.2) is 65.9 Å². The number of aryl methyl sites for hydroxylation is 1. The maximum atomic E-state index is 14.5. The molecule has 1 heterocycles. The van der Waals surface area contributed by atoms with E-state index >= 15 is 0 Å². The number of benzene rings is 2. The number of nitrogens with zero attached hydrogens (tertiary/aromatic N) is 3. The summed E-state index contributed by atoms with van der Waals surface area (Å²) in [5.74, 6) is -1.33. The first kappa shape index (κ1) is 26.5. The van der Waals surface area contributed by atoms with E-state index in [1.165, 1.54) is 6.07 Å². The number of rotatable bonds is 14. The largest absolute Gasteiger partial charge is 0.435 e. The van der Waals surface area contributed by atoms with Crippen LogP contribution in [0.3, 0.4) is 0 Å². The molecule has 0 bridgehead atoms. The number of para-hydroxylation sites is 1. The number of hydrogen-bond acceptors (Lipinski definition) is 6. The van der Waals surface area contributed by atoms with E-state index in [-0.39, 0.29) is 12.4 Å². The van der Waals surface area contributed by atoms with Gasteiger partial charge in [0.05, 0.1) is 42.9 Å². The molecule has 0 saturated heterocycles. The minimum atomic E-state index is -0.819. The predicted molar refractivity (Wildman–Crippen MR) is 129 cm³/mol. The summed E-state index contributed by atoms with van der Waals surface area (Å²) >= 11 is 0. The van der Waals surface area contributed by atoms with E-state index in [0.29, 0.717) is 50.0 Å². The number of hydrogen-bond donors (Lipinski definition) is 1. The molecule has 35 heavy (non-hydrogen) atoms. The van der Waals surface area contributed by atoms with E-state index in [1.807, 2.05) is 42.2 Å². The Morgan fingerprint density at radius 2 is 1.97 bits per heavy atom. The van der Waals surface area contributed by atoms with Gasteiger partial charge in [0.15, 0.2) is 11.6 Å². The fourth-order valence-electron chi connectivity index (χ4n) is 3.55. The van der Waals surface area contributed by atoms with E-state index < -0.39 is 17.7 Å². The van der Waals surface area contributed by atoms with Gasteiger partial charge in [-0.2, -0.15) is 5.10 Å². The second-order valence-corrected chi connectivity index (χ2v) is 8.00. The zero-order chi connectivity index (χ0) is 25.2. The van der Waals surface area contributed by atoms with Gasteiger partial charge in [0.1, 0.15) is 5.82 Å². The van der Waals surface area contributed by atoms with Crippen LogP contribution in [0.2, 0.25) is 0 Å². The SMILES string of the molecule is C=CCOC[C@@H](O)CN(CCOC)Cc1c(C)nn(-c2ccccc2)c1Oc1ccc(F)cc1F. The summed E-state index contributed by atoms with van der Waals surface area (Å²) in [6.45, 7) is 7.55. The number of methoxy groups -OCH3 is 1. The Bertz CT molecular complexity index is 1090. The Labute approximate surface area is 204 Å². The van der Waals surface area contributed by atoms with Gasteiger partial charge in [-0.3, -0.25) is 4.90 Å². The van der Waals surface area contributed by atoms with Crippen LogP contribution in [0.15, 0.2) is 61.2 Å². The van der Waals surface area contributed by atoms with Crippen molar-refractivity contribution in [2.45, 2.75) is 19.6 Å². The highest BCUT2D eigenvalue weighted by atomic mass is 19.1. The normalized spacial score (nSPS) is 12.2. The quantitative estimate of drug-likeness (QED) is 0.271. The molecule has 0 spiro atoms. The average molecular weight is 488 g/mol. The molecule has 0 fully saturated rings. The highest BCUT2D eigenvalue weighted by Gasteiger charge is 2.23. The van der Waals surface area contributed by atoms with Gasteiger partial charge in [0, 0.05) is 32.8 Å². The first-order valence-electron chi connectivity index (χ1n) is 11.3. The lowest BCUT2D eigenvalue weighted by Crippen LogP contribution is -2.36. The molecule has 1 N–H and O–H groups in total. The molecular formula is C26H31F2N3O4. The lowest BCUT2D eigenvalue weighted by molar-refractivity contribution is 0.0192. The van der Waals surface area contributed by atoms with Gasteiger partial charge in [-0.05, 0) is 31.2 Å². The molecule has 3 rings (SSSR count). The van der Waals surface area contributed by atoms with E-state index in [2.05, 4.69) is 11.7 Å². The number of aromatic nitrogens is 2. The molecule has 0 aliphatic heterocycles.